The van der Waals surface area contributed by atoms with E-state index in [1.807, 2.05) is 6.26 Å². The highest BCUT2D eigenvalue weighted by Crippen LogP contribution is 2.39. The average molecular weight is 335 g/mol. The predicted molar refractivity (Wildman–Crippen MR) is 98.1 cm³/mol. The van der Waals surface area contributed by atoms with Crippen LogP contribution in [0.15, 0.2) is 11.4 Å². The maximum absolute atomic E-state index is 6.20. The minimum atomic E-state index is -1.77. The quantitative estimate of drug-likeness (QED) is 0.441. The Labute approximate surface area is 133 Å². The molecule has 0 aromatic carbocycles. The summed E-state index contributed by atoms with van der Waals surface area (Å²) < 4.78 is 12.5. The number of rotatable bonds is 5. The highest BCUT2D eigenvalue weighted by molar-refractivity contribution is 8.04. The second-order valence-corrected chi connectivity index (χ2v) is 19.8. The minimum Gasteiger partial charge on any atom is -0.546 e. The molecule has 0 heterocycles. The molecule has 0 aromatic heterocycles. The molecule has 0 radical (unpaired) electrons. The summed E-state index contributed by atoms with van der Waals surface area (Å²) in [5.74, 6) is 0. The van der Waals surface area contributed by atoms with Crippen LogP contribution in [0.2, 0.25) is 37.8 Å². The summed E-state index contributed by atoms with van der Waals surface area (Å²) in [7, 11) is -3.39. The predicted octanol–water partition coefficient (Wildman–Crippen LogP) is 6.19. The highest BCUT2D eigenvalue weighted by atomic mass is 32.2. The Morgan fingerprint density at radius 2 is 1.35 bits per heavy atom. The summed E-state index contributed by atoms with van der Waals surface area (Å²) in [6.45, 7) is 24.5. The van der Waals surface area contributed by atoms with E-state index in [2.05, 4.69) is 74.3 Å². The first-order chi connectivity index (χ1) is 8.54. The molecule has 0 aliphatic rings. The summed E-state index contributed by atoms with van der Waals surface area (Å²) in [6.07, 6.45) is 1.88. The van der Waals surface area contributed by atoms with Crippen LogP contribution in [0, 0.1) is 0 Å². The Balaban J connectivity index is 5.09. The van der Waals surface area contributed by atoms with E-state index in [1.54, 1.807) is 11.8 Å². The molecule has 0 aliphatic heterocycles. The van der Waals surface area contributed by atoms with E-state index in [1.165, 1.54) is 0 Å². The van der Waals surface area contributed by atoms with Crippen molar-refractivity contribution in [2.75, 3.05) is 0 Å². The topological polar surface area (TPSA) is 18.5 Å². The molecule has 20 heavy (non-hydrogen) atoms. The largest absolute Gasteiger partial charge is 0.546 e. The lowest BCUT2D eigenvalue weighted by Gasteiger charge is -2.35. The minimum absolute atomic E-state index is 0.127. The number of hydrogen-bond acceptors (Lipinski definition) is 3. The molecule has 0 aromatic rings. The molecule has 0 fully saturated rings. The second kappa shape index (κ2) is 6.48. The van der Waals surface area contributed by atoms with Crippen LogP contribution in [0.5, 0.6) is 0 Å². The molecule has 0 rings (SSSR count). The van der Waals surface area contributed by atoms with Crippen molar-refractivity contribution in [2.24, 2.45) is 0 Å². The zero-order chi connectivity index (χ0) is 16.4. The fraction of sp³-hybridized carbons (Fsp3) is 0.867. The van der Waals surface area contributed by atoms with E-state index >= 15 is 0 Å². The van der Waals surface area contributed by atoms with Crippen molar-refractivity contribution in [3.8, 4) is 0 Å². The van der Waals surface area contributed by atoms with Gasteiger partial charge in [0.05, 0.1) is 0 Å². The lowest BCUT2D eigenvalue weighted by atomic mass is 10.2. The van der Waals surface area contributed by atoms with Crippen molar-refractivity contribution in [1.82, 2.24) is 0 Å². The molecule has 0 amide bonds. The van der Waals surface area contributed by atoms with Crippen molar-refractivity contribution in [3.63, 3.8) is 0 Å². The molecule has 5 heteroatoms. The molecule has 0 saturated carbocycles. The maximum Gasteiger partial charge on any atom is 0.249 e. The summed E-state index contributed by atoms with van der Waals surface area (Å²) in [5.41, 5.74) is 0. The van der Waals surface area contributed by atoms with E-state index in [0.717, 1.165) is 5.09 Å². The lowest BCUT2D eigenvalue weighted by Crippen LogP contribution is -2.39. The van der Waals surface area contributed by atoms with Gasteiger partial charge in [0, 0.05) is 4.75 Å². The highest BCUT2D eigenvalue weighted by Gasteiger charge is 2.38. The molecule has 2 nitrogen and oxygen atoms in total. The molecular weight excluding hydrogens is 300 g/mol. The number of hydrogen-bond donors (Lipinski definition) is 0. The van der Waals surface area contributed by atoms with Gasteiger partial charge in [-0.05, 0) is 37.8 Å². The van der Waals surface area contributed by atoms with E-state index in [9.17, 15) is 0 Å². The zero-order valence-corrected chi connectivity index (χ0v) is 18.1. The van der Waals surface area contributed by atoms with Crippen LogP contribution in [0.25, 0.3) is 0 Å². The van der Waals surface area contributed by atoms with Gasteiger partial charge < -0.3 is 8.85 Å². The third-order valence-corrected chi connectivity index (χ3v) is 9.36. The lowest BCUT2D eigenvalue weighted by molar-refractivity contribution is 0.385. The molecule has 0 bridgehead atoms. The number of thioether (sulfide) groups is 1. The fourth-order valence-corrected chi connectivity index (χ4v) is 4.15. The van der Waals surface area contributed by atoms with Gasteiger partial charge in [0.25, 0.3) is 0 Å². The molecule has 0 atom stereocenters. The Kier molecular flexibility index (Phi) is 6.52. The van der Waals surface area contributed by atoms with E-state index in [-0.39, 0.29) is 9.79 Å². The SMILES string of the molecule is CC(C)(C)S/C(=C/O[Si](C)(C)C(C)(C)C)O[Si](C)(C)C. The van der Waals surface area contributed by atoms with E-state index in [4.69, 9.17) is 8.85 Å². The average Bonchev–Trinajstić information content (AvgIpc) is 2.07. The van der Waals surface area contributed by atoms with Crippen molar-refractivity contribution < 1.29 is 8.85 Å². The Bertz CT molecular complexity index is 326. The van der Waals surface area contributed by atoms with Crippen LogP contribution in [-0.2, 0) is 8.85 Å². The maximum atomic E-state index is 6.20. The normalized spacial score (nSPS) is 15.2. The smallest absolute Gasteiger partial charge is 0.249 e. The van der Waals surface area contributed by atoms with Crippen LogP contribution in [0.3, 0.4) is 0 Å². The summed E-state index contributed by atoms with van der Waals surface area (Å²) in [6, 6.07) is 0. The second-order valence-electron chi connectivity index (χ2n) is 8.74. The Hall–Kier alpha value is 0.124. The Morgan fingerprint density at radius 3 is 1.65 bits per heavy atom. The van der Waals surface area contributed by atoms with Crippen LogP contribution in [0.1, 0.15) is 41.5 Å². The zero-order valence-electron chi connectivity index (χ0n) is 15.3. The van der Waals surface area contributed by atoms with Crippen LogP contribution >= 0.6 is 11.8 Å². The van der Waals surface area contributed by atoms with Gasteiger partial charge in [-0.15, -0.1) is 0 Å². The van der Waals surface area contributed by atoms with Crippen LogP contribution < -0.4 is 0 Å². The van der Waals surface area contributed by atoms with Crippen LogP contribution in [0.4, 0.5) is 0 Å². The first kappa shape index (κ1) is 20.1. The van der Waals surface area contributed by atoms with Crippen LogP contribution in [-0.4, -0.2) is 21.4 Å². The van der Waals surface area contributed by atoms with Crippen molar-refractivity contribution in [1.29, 1.82) is 0 Å². The van der Waals surface area contributed by atoms with Gasteiger partial charge >= 0.3 is 0 Å². The monoisotopic (exact) mass is 334 g/mol. The van der Waals surface area contributed by atoms with E-state index < -0.39 is 16.6 Å². The molecule has 0 saturated heterocycles. The third kappa shape index (κ3) is 8.42. The first-order valence-electron chi connectivity index (χ1n) is 7.29. The Morgan fingerprint density at radius 1 is 0.900 bits per heavy atom. The molecule has 0 N–H and O–H groups in total. The van der Waals surface area contributed by atoms with Gasteiger partial charge in [-0.3, -0.25) is 0 Å². The molecule has 0 aliphatic carbocycles. The van der Waals surface area contributed by atoms with Gasteiger partial charge in [0.2, 0.25) is 16.6 Å². The standard InChI is InChI=1S/C15H34O2SSi2/c1-14(2,3)18-13(17-19(7,8)9)12-16-20(10,11)15(4,5)6/h12H,1-11H3/b13-12+. The van der Waals surface area contributed by atoms with Crippen molar-refractivity contribution in [3.05, 3.63) is 11.4 Å². The molecule has 120 valence electrons. The summed E-state index contributed by atoms with van der Waals surface area (Å²) in [5, 5.41) is 1.14. The van der Waals surface area contributed by atoms with Gasteiger partial charge in [-0.2, -0.15) is 0 Å². The molecule has 0 spiro atoms. The van der Waals surface area contributed by atoms with Gasteiger partial charge in [0.1, 0.15) is 6.26 Å². The fourth-order valence-electron chi connectivity index (χ4n) is 1.04. The van der Waals surface area contributed by atoms with Crippen molar-refractivity contribution >= 4 is 28.4 Å². The van der Waals surface area contributed by atoms with Gasteiger partial charge in [-0.25, -0.2) is 0 Å². The summed E-state index contributed by atoms with van der Waals surface area (Å²) in [4.78, 5) is 0. The summed E-state index contributed by atoms with van der Waals surface area (Å²) >= 11 is 1.75. The van der Waals surface area contributed by atoms with Gasteiger partial charge in [-0.1, -0.05) is 53.3 Å². The first-order valence-corrected chi connectivity index (χ1v) is 14.4. The molecular formula is C15H34O2SSi2. The molecule has 0 unspecified atom stereocenters. The van der Waals surface area contributed by atoms with Gasteiger partial charge in [0.15, 0.2) is 5.09 Å². The third-order valence-electron chi connectivity index (χ3n) is 3.07. The van der Waals surface area contributed by atoms with Crippen molar-refractivity contribution in [2.45, 2.75) is 84.1 Å². The van der Waals surface area contributed by atoms with E-state index in [0.29, 0.717) is 0 Å².